The van der Waals surface area contributed by atoms with Crippen LogP contribution in [0.4, 0.5) is 5.82 Å². The second-order valence-corrected chi connectivity index (χ2v) is 5.11. The number of ether oxygens (including phenoxy) is 2. The first-order valence-corrected chi connectivity index (χ1v) is 6.82. The van der Waals surface area contributed by atoms with Crippen molar-refractivity contribution in [2.24, 2.45) is 7.05 Å². The molecule has 1 aliphatic carbocycles. The molecule has 0 radical (unpaired) electrons. The second-order valence-electron chi connectivity index (χ2n) is 5.11. The van der Waals surface area contributed by atoms with Crippen molar-refractivity contribution in [2.75, 3.05) is 12.8 Å². The van der Waals surface area contributed by atoms with E-state index in [0.717, 1.165) is 35.6 Å². The van der Waals surface area contributed by atoms with E-state index in [1.54, 1.807) is 11.8 Å². The highest BCUT2D eigenvalue weighted by molar-refractivity contribution is 5.66. The number of aromatic nitrogens is 2. The molecule has 1 aromatic heterocycles. The molecule has 2 N–H and O–H groups in total. The number of rotatable bonds is 4. The minimum absolute atomic E-state index is 0.313. The highest BCUT2D eigenvalue weighted by Gasteiger charge is 2.21. The monoisotopic (exact) mass is 273 g/mol. The van der Waals surface area contributed by atoms with Crippen LogP contribution in [-0.4, -0.2) is 23.0 Å². The highest BCUT2D eigenvalue weighted by Crippen LogP contribution is 2.35. The van der Waals surface area contributed by atoms with Gasteiger partial charge in [0.1, 0.15) is 5.82 Å². The number of aryl methyl sites for hydroxylation is 1. The first kappa shape index (κ1) is 12.8. The van der Waals surface area contributed by atoms with E-state index in [-0.39, 0.29) is 0 Å². The average molecular weight is 273 g/mol. The number of hydrogen-bond acceptors (Lipinski definition) is 4. The molecule has 0 amide bonds. The van der Waals surface area contributed by atoms with Gasteiger partial charge in [-0.2, -0.15) is 5.10 Å². The van der Waals surface area contributed by atoms with Gasteiger partial charge in [-0.25, -0.2) is 0 Å². The summed E-state index contributed by atoms with van der Waals surface area (Å²) in [6, 6.07) is 7.70. The van der Waals surface area contributed by atoms with E-state index in [2.05, 4.69) is 5.10 Å². The number of anilines is 1. The van der Waals surface area contributed by atoms with Gasteiger partial charge in [0.25, 0.3) is 0 Å². The van der Waals surface area contributed by atoms with E-state index in [1.807, 2.05) is 31.3 Å². The lowest BCUT2D eigenvalue weighted by Gasteiger charge is -2.27. The molecule has 0 atom stereocenters. The Morgan fingerprint density at radius 1 is 1.25 bits per heavy atom. The van der Waals surface area contributed by atoms with Gasteiger partial charge in [0, 0.05) is 18.7 Å². The third kappa shape index (κ3) is 2.31. The van der Waals surface area contributed by atoms with E-state index in [9.17, 15) is 0 Å². The zero-order chi connectivity index (χ0) is 14.1. The summed E-state index contributed by atoms with van der Waals surface area (Å²) >= 11 is 0. The predicted molar refractivity (Wildman–Crippen MR) is 77.9 cm³/mol. The number of nitrogens with zero attached hydrogens (tertiary/aromatic N) is 2. The maximum Gasteiger partial charge on any atom is 0.162 e. The fraction of sp³-hybridized carbons (Fsp3) is 0.400. The van der Waals surface area contributed by atoms with Crippen molar-refractivity contribution in [1.82, 2.24) is 9.78 Å². The normalized spacial score (nSPS) is 14.9. The average Bonchev–Trinajstić information content (AvgIpc) is 2.74. The van der Waals surface area contributed by atoms with Gasteiger partial charge in [0.2, 0.25) is 0 Å². The molecule has 3 rings (SSSR count). The van der Waals surface area contributed by atoms with Gasteiger partial charge >= 0.3 is 0 Å². The summed E-state index contributed by atoms with van der Waals surface area (Å²) in [7, 11) is 3.48. The van der Waals surface area contributed by atoms with Crippen LogP contribution in [0.15, 0.2) is 24.3 Å². The van der Waals surface area contributed by atoms with Crippen LogP contribution in [0.3, 0.4) is 0 Å². The summed E-state index contributed by atoms with van der Waals surface area (Å²) in [6.07, 6.45) is 3.78. The zero-order valence-corrected chi connectivity index (χ0v) is 11.8. The molecule has 0 saturated heterocycles. The van der Waals surface area contributed by atoms with Crippen LogP contribution < -0.4 is 15.2 Å². The molecule has 5 heteroatoms. The third-order valence-corrected chi connectivity index (χ3v) is 3.72. The Balaban J connectivity index is 1.93. The van der Waals surface area contributed by atoms with Gasteiger partial charge in [0.05, 0.1) is 18.9 Å². The van der Waals surface area contributed by atoms with Crippen LogP contribution in [0.2, 0.25) is 0 Å². The summed E-state index contributed by atoms with van der Waals surface area (Å²) in [5, 5.41) is 4.39. The van der Waals surface area contributed by atoms with Crippen molar-refractivity contribution in [3.8, 4) is 22.8 Å². The maximum absolute atomic E-state index is 5.98. The smallest absolute Gasteiger partial charge is 0.162 e. The SMILES string of the molecule is COc1ccc(-c2cc(N)n(C)n2)cc1OC1CCC1. The molecule has 106 valence electrons. The highest BCUT2D eigenvalue weighted by atomic mass is 16.5. The molecule has 20 heavy (non-hydrogen) atoms. The molecule has 0 bridgehead atoms. The number of methoxy groups -OCH3 is 1. The van der Waals surface area contributed by atoms with Crippen molar-refractivity contribution < 1.29 is 9.47 Å². The summed E-state index contributed by atoms with van der Waals surface area (Å²) in [5.74, 6) is 2.17. The van der Waals surface area contributed by atoms with E-state index in [4.69, 9.17) is 15.2 Å². The minimum atomic E-state index is 0.313. The van der Waals surface area contributed by atoms with Crippen molar-refractivity contribution in [1.29, 1.82) is 0 Å². The molecule has 0 spiro atoms. The van der Waals surface area contributed by atoms with Crippen LogP contribution in [0.5, 0.6) is 11.5 Å². The molecule has 1 aliphatic rings. The van der Waals surface area contributed by atoms with Crippen LogP contribution in [0.1, 0.15) is 19.3 Å². The van der Waals surface area contributed by atoms with Crippen LogP contribution in [-0.2, 0) is 7.05 Å². The quantitative estimate of drug-likeness (QED) is 0.930. The van der Waals surface area contributed by atoms with Crippen molar-refractivity contribution in [3.05, 3.63) is 24.3 Å². The Labute approximate surface area is 118 Å². The fourth-order valence-electron chi connectivity index (χ4n) is 2.22. The molecule has 1 fully saturated rings. The Hall–Kier alpha value is -2.17. The number of nitrogen functional groups attached to an aromatic ring is 1. The largest absolute Gasteiger partial charge is 0.493 e. The zero-order valence-electron chi connectivity index (χ0n) is 11.8. The summed E-state index contributed by atoms with van der Waals surface area (Å²) in [5.41, 5.74) is 7.65. The molecular formula is C15H19N3O2. The van der Waals surface area contributed by atoms with Crippen molar-refractivity contribution in [3.63, 3.8) is 0 Å². The topological polar surface area (TPSA) is 62.3 Å². The second kappa shape index (κ2) is 5.07. The first-order valence-electron chi connectivity index (χ1n) is 6.82. The van der Waals surface area contributed by atoms with Gasteiger partial charge in [-0.1, -0.05) is 0 Å². The molecule has 5 nitrogen and oxygen atoms in total. The van der Waals surface area contributed by atoms with Gasteiger partial charge in [0.15, 0.2) is 11.5 Å². The van der Waals surface area contributed by atoms with E-state index < -0.39 is 0 Å². The van der Waals surface area contributed by atoms with Gasteiger partial charge < -0.3 is 15.2 Å². The first-order chi connectivity index (χ1) is 9.67. The Morgan fingerprint density at radius 3 is 2.60 bits per heavy atom. The summed E-state index contributed by atoms with van der Waals surface area (Å²) in [4.78, 5) is 0. The summed E-state index contributed by atoms with van der Waals surface area (Å²) < 4.78 is 13.0. The Morgan fingerprint density at radius 2 is 2.05 bits per heavy atom. The van der Waals surface area contributed by atoms with Crippen LogP contribution >= 0.6 is 0 Å². The standard InChI is InChI=1S/C15H19N3O2/c1-18-15(16)9-12(17-18)10-6-7-13(19-2)14(8-10)20-11-4-3-5-11/h6-9,11H,3-5,16H2,1-2H3. The van der Waals surface area contributed by atoms with E-state index in [0.29, 0.717) is 11.9 Å². The third-order valence-electron chi connectivity index (χ3n) is 3.72. The maximum atomic E-state index is 5.98. The van der Waals surface area contributed by atoms with Gasteiger partial charge in [-0.05, 0) is 37.5 Å². The lowest BCUT2D eigenvalue weighted by Crippen LogP contribution is -2.24. The lowest BCUT2D eigenvalue weighted by molar-refractivity contribution is 0.116. The van der Waals surface area contributed by atoms with Gasteiger partial charge in [-0.15, -0.1) is 0 Å². The van der Waals surface area contributed by atoms with Crippen molar-refractivity contribution >= 4 is 5.82 Å². The Kier molecular flexibility index (Phi) is 3.26. The van der Waals surface area contributed by atoms with Crippen LogP contribution in [0, 0.1) is 0 Å². The summed E-state index contributed by atoms with van der Waals surface area (Å²) in [6.45, 7) is 0. The molecule has 0 aliphatic heterocycles. The van der Waals surface area contributed by atoms with E-state index >= 15 is 0 Å². The van der Waals surface area contributed by atoms with Crippen molar-refractivity contribution in [2.45, 2.75) is 25.4 Å². The molecule has 1 aromatic carbocycles. The van der Waals surface area contributed by atoms with Crippen LogP contribution in [0.25, 0.3) is 11.3 Å². The number of hydrogen-bond donors (Lipinski definition) is 1. The molecule has 1 saturated carbocycles. The Bertz CT molecular complexity index is 598. The molecule has 1 heterocycles. The molecule has 0 unspecified atom stereocenters. The minimum Gasteiger partial charge on any atom is -0.493 e. The molecular weight excluding hydrogens is 254 g/mol. The molecule has 2 aromatic rings. The fourth-order valence-corrected chi connectivity index (χ4v) is 2.22. The number of nitrogens with two attached hydrogens (primary N) is 1. The van der Waals surface area contributed by atoms with Gasteiger partial charge in [-0.3, -0.25) is 4.68 Å². The lowest BCUT2D eigenvalue weighted by atomic mass is 9.96. The number of benzene rings is 1. The van der Waals surface area contributed by atoms with E-state index in [1.165, 1.54) is 6.42 Å². The predicted octanol–water partition coefficient (Wildman–Crippen LogP) is 2.61.